The predicted molar refractivity (Wildman–Crippen MR) is 58.4 cm³/mol. The minimum absolute atomic E-state index is 0.0472. The van der Waals surface area contributed by atoms with Gasteiger partial charge in [0.05, 0.1) is 11.7 Å². The predicted octanol–water partition coefficient (Wildman–Crippen LogP) is 1.73. The van der Waals surface area contributed by atoms with Crippen LogP contribution in [0.1, 0.15) is 18.4 Å². The number of thiophene rings is 1. The SMILES string of the molecule is Cc1cscc1NC(=O)C(N)C1CC1. The number of hydrogen-bond donors (Lipinski definition) is 2. The Morgan fingerprint density at radius 1 is 1.64 bits per heavy atom. The fourth-order valence-corrected chi connectivity index (χ4v) is 2.15. The summed E-state index contributed by atoms with van der Waals surface area (Å²) in [5.41, 5.74) is 7.78. The Morgan fingerprint density at radius 2 is 2.36 bits per heavy atom. The first-order valence-corrected chi connectivity index (χ1v) is 5.72. The first kappa shape index (κ1) is 9.68. The Labute approximate surface area is 87.3 Å². The van der Waals surface area contributed by atoms with Crippen LogP contribution in [0, 0.1) is 12.8 Å². The third kappa shape index (κ3) is 1.96. The highest BCUT2D eigenvalue weighted by atomic mass is 32.1. The number of nitrogens with one attached hydrogen (secondary N) is 1. The quantitative estimate of drug-likeness (QED) is 0.798. The van der Waals surface area contributed by atoms with Crippen molar-refractivity contribution in [2.45, 2.75) is 25.8 Å². The van der Waals surface area contributed by atoms with Crippen molar-refractivity contribution < 1.29 is 4.79 Å². The lowest BCUT2D eigenvalue weighted by molar-refractivity contribution is -0.117. The zero-order valence-electron chi connectivity index (χ0n) is 8.12. The van der Waals surface area contributed by atoms with Crippen LogP contribution in [0.2, 0.25) is 0 Å². The average molecular weight is 210 g/mol. The topological polar surface area (TPSA) is 55.1 Å². The average Bonchev–Trinajstić information content (AvgIpc) is 2.92. The van der Waals surface area contributed by atoms with Gasteiger partial charge in [0.2, 0.25) is 5.91 Å². The molecule has 1 atom stereocenters. The Hall–Kier alpha value is -0.870. The molecule has 0 aromatic carbocycles. The molecule has 1 aliphatic carbocycles. The van der Waals surface area contributed by atoms with E-state index in [1.165, 1.54) is 0 Å². The molecule has 0 spiro atoms. The molecular formula is C10H14N2OS. The summed E-state index contributed by atoms with van der Waals surface area (Å²) in [5, 5.41) is 6.81. The van der Waals surface area contributed by atoms with Gasteiger partial charge in [-0.15, -0.1) is 11.3 Å². The summed E-state index contributed by atoms with van der Waals surface area (Å²) in [5.74, 6) is 0.364. The van der Waals surface area contributed by atoms with Crippen LogP contribution >= 0.6 is 11.3 Å². The van der Waals surface area contributed by atoms with Crippen LogP contribution in [-0.2, 0) is 4.79 Å². The van der Waals surface area contributed by atoms with E-state index in [4.69, 9.17) is 5.73 Å². The van der Waals surface area contributed by atoms with Crippen molar-refractivity contribution in [3.8, 4) is 0 Å². The van der Waals surface area contributed by atoms with E-state index in [0.717, 1.165) is 24.1 Å². The third-order valence-corrected chi connectivity index (χ3v) is 3.41. The number of anilines is 1. The Bertz CT molecular complexity index is 344. The Balaban J connectivity index is 1.97. The molecule has 1 saturated carbocycles. The number of carbonyl (C=O) groups is 1. The van der Waals surface area contributed by atoms with Gasteiger partial charge in [0.15, 0.2) is 0 Å². The van der Waals surface area contributed by atoms with E-state index in [-0.39, 0.29) is 11.9 Å². The minimum Gasteiger partial charge on any atom is -0.324 e. The van der Waals surface area contributed by atoms with Crippen LogP contribution in [-0.4, -0.2) is 11.9 Å². The maximum atomic E-state index is 11.6. The zero-order chi connectivity index (χ0) is 10.1. The van der Waals surface area contributed by atoms with Crippen LogP contribution in [0.15, 0.2) is 10.8 Å². The van der Waals surface area contributed by atoms with Crippen LogP contribution in [0.25, 0.3) is 0 Å². The van der Waals surface area contributed by atoms with Gasteiger partial charge in [-0.05, 0) is 36.6 Å². The summed E-state index contributed by atoms with van der Waals surface area (Å²) in [6.45, 7) is 1.98. The van der Waals surface area contributed by atoms with Gasteiger partial charge >= 0.3 is 0 Å². The molecule has 1 fully saturated rings. The molecular weight excluding hydrogens is 196 g/mol. The van der Waals surface area contributed by atoms with E-state index < -0.39 is 0 Å². The summed E-state index contributed by atoms with van der Waals surface area (Å²) in [7, 11) is 0. The maximum absolute atomic E-state index is 11.6. The molecule has 0 saturated heterocycles. The number of carbonyl (C=O) groups excluding carboxylic acids is 1. The number of aryl methyl sites for hydroxylation is 1. The molecule has 3 nitrogen and oxygen atoms in total. The van der Waals surface area contributed by atoms with Crippen molar-refractivity contribution in [2.24, 2.45) is 11.7 Å². The lowest BCUT2D eigenvalue weighted by atomic mass is 10.2. The van der Waals surface area contributed by atoms with Crippen molar-refractivity contribution in [3.05, 3.63) is 16.3 Å². The van der Waals surface area contributed by atoms with E-state index in [1.807, 2.05) is 17.7 Å². The molecule has 4 heteroatoms. The number of hydrogen-bond acceptors (Lipinski definition) is 3. The van der Waals surface area contributed by atoms with Crippen molar-refractivity contribution in [2.75, 3.05) is 5.32 Å². The van der Waals surface area contributed by atoms with Crippen LogP contribution in [0.3, 0.4) is 0 Å². The standard InChI is InChI=1S/C10H14N2OS/c1-6-4-14-5-8(6)12-10(13)9(11)7-2-3-7/h4-5,7,9H,2-3,11H2,1H3,(H,12,13). The summed E-state index contributed by atoms with van der Waals surface area (Å²) in [4.78, 5) is 11.6. The Kier molecular flexibility index (Phi) is 2.56. The number of rotatable bonds is 3. The largest absolute Gasteiger partial charge is 0.324 e. The Morgan fingerprint density at radius 3 is 2.86 bits per heavy atom. The van der Waals surface area contributed by atoms with Crippen molar-refractivity contribution in [1.82, 2.24) is 0 Å². The number of nitrogens with two attached hydrogens (primary N) is 1. The molecule has 1 amide bonds. The van der Waals surface area contributed by atoms with Gasteiger partial charge in [0.1, 0.15) is 0 Å². The van der Waals surface area contributed by atoms with Crippen LogP contribution < -0.4 is 11.1 Å². The third-order valence-electron chi connectivity index (χ3n) is 2.55. The fraction of sp³-hybridized carbons (Fsp3) is 0.500. The molecule has 14 heavy (non-hydrogen) atoms. The number of amides is 1. The second-order valence-corrected chi connectivity index (χ2v) is 4.56. The van der Waals surface area contributed by atoms with E-state index in [0.29, 0.717) is 5.92 Å². The van der Waals surface area contributed by atoms with E-state index in [1.54, 1.807) is 11.3 Å². The first-order valence-electron chi connectivity index (χ1n) is 4.77. The van der Waals surface area contributed by atoms with Crippen molar-refractivity contribution in [3.63, 3.8) is 0 Å². The molecule has 1 heterocycles. The fourth-order valence-electron chi connectivity index (χ4n) is 1.37. The summed E-state index contributed by atoms with van der Waals surface area (Å²) in [6.07, 6.45) is 2.19. The highest BCUT2D eigenvalue weighted by Gasteiger charge is 2.33. The molecule has 0 aliphatic heterocycles. The molecule has 0 radical (unpaired) electrons. The lowest BCUT2D eigenvalue weighted by Crippen LogP contribution is -2.37. The van der Waals surface area contributed by atoms with E-state index in [9.17, 15) is 4.79 Å². The van der Waals surface area contributed by atoms with Gasteiger partial charge in [-0.1, -0.05) is 0 Å². The van der Waals surface area contributed by atoms with Crippen LogP contribution in [0.5, 0.6) is 0 Å². The van der Waals surface area contributed by atoms with Gasteiger partial charge in [0, 0.05) is 5.38 Å². The monoisotopic (exact) mass is 210 g/mol. The first-order chi connectivity index (χ1) is 6.68. The van der Waals surface area contributed by atoms with E-state index >= 15 is 0 Å². The molecule has 3 N–H and O–H groups in total. The molecule has 1 aliphatic rings. The van der Waals surface area contributed by atoms with Gasteiger partial charge in [0.25, 0.3) is 0 Å². The second-order valence-electron chi connectivity index (χ2n) is 3.82. The molecule has 1 unspecified atom stereocenters. The highest BCUT2D eigenvalue weighted by Crippen LogP contribution is 2.32. The smallest absolute Gasteiger partial charge is 0.241 e. The molecule has 76 valence electrons. The van der Waals surface area contributed by atoms with Gasteiger partial charge in [-0.25, -0.2) is 0 Å². The molecule has 2 rings (SSSR count). The molecule has 1 aromatic heterocycles. The summed E-state index contributed by atoms with van der Waals surface area (Å²) in [6, 6.07) is -0.325. The highest BCUT2D eigenvalue weighted by molar-refractivity contribution is 7.08. The van der Waals surface area contributed by atoms with E-state index in [2.05, 4.69) is 5.32 Å². The maximum Gasteiger partial charge on any atom is 0.241 e. The van der Waals surface area contributed by atoms with Gasteiger partial charge < -0.3 is 11.1 Å². The summed E-state index contributed by atoms with van der Waals surface area (Å²) >= 11 is 1.59. The zero-order valence-corrected chi connectivity index (χ0v) is 8.93. The van der Waals surface area contributed by atoms with Gasteiger partial charge in [-0.3, -0.25) is 4.79 Å². The molecule has 1 aromatic rings. The van der Waals surface area contributed by atoms with Crippen molar-refractivity contribution in [1.29, 1.82) is 0 Å². The second kappa shape index (κ2) is 3.71. The minimum atomic E-state index is -0.325. The molecule has 0 bridgehead atoms. The van der Waals surface area contributed by atoms with Crippen LogP contribution in [0.4, 0.5) is 5.69 Å². The lowest BCUT2D eigenvalue weighted by Gasteiger charge is -2.10. The van der Waals surface area contributed by atoms with Crippen molar-refractivity contribution >= 4 is 22.9 Å². The summed E-state index contributed by atoms with van der Waals surface area (Å²) < 4.78 is 0. The normalized spacial score (nSPS) is 17.9. The van der Waals surface area contributed by atoms with Gasteiger partial charge in [-0.2, -0.15) is 0 Å².